The Labute approximate surface area is 138 Å². The van der Waals surface area contributed by atoms with E-state index in [1.54, 1.807) is 4.90 Å². The second-order valence-electron chi connectivity index (χ2n) is 6.21. The quantitative estimate of drug-likeness (QED) is 0.773. The van der Waals surface area contributed by atoms with Gasteiger partial charge in [-0.15, -0.1) is 6.42 Å². The zero-order valence-corrected chi connectivity index (χ0v) is 14.5. The summed E-state index contributed by atoms with van der Waals surface area (Å²) in [6, 6.07) is 5.91. The zero-order valence-electron chi connectivity index (χ0n) is 13.7. The minimum atomic E-state index is -3.03. The van der Waals surface area contributed by atoms with Gasteiger partial charge < -0.3 is 4.90 Å². The summed E-state index contributed by atoms with van der Waals surface area (Å²) in [6.45, 7) is 4.25. The van der Waals surface area contributed by atoms with Crippen LogP contribution in [0.4, 0.5) is 0 Å². The lowest BCUT2D eigenvalue weighted by atomic mass is 10.0. The number of rotatable bonds is 5. The van der Waals surface area contributed by atoms with E-state index < -0.39 is 9.84 Å². The van der Waals surface area contributed by atoms with Crippen LogP contribution in [0.2, 0.25) is 0 Å². The van der Waals surface area contributed by atoms with Crippen molar-refractivity contribution in [2.24, 2.45) is 0 Å². The molecule has 2 rings (SSSR count). The molecule has 1 aliphatic heterocycles. The lowest BCUT2D eigenvalue weighted by Crippen LogP contribution is -2.41. The molecule has 0 N–H and O–H groups in total. The lowest BCUT2D eigenvalue weighted by molar-refractivity contribution is -0.132. The summed E-state index contributed by atoms with van der Waals surface area (Å²) in [5, 5.41) is 0. The largest absolute Gasteiger partial charge is 0.328 e. The van der Waals surface area contributed by atoms with Crippen LogP contribution in [-0.2, 0) is 21.1 Å². The fourth-order valence-corrected chi connectivity index (χ4v) is 4.78. The number of benzene rings is 1. The third kappa shape index (κ3) is 4.59. The van der Waals surface area contributed by atoms with Gasteiger partial charge in [0.25, 0.3) is 0 Å². The minimum absolute atomic E-state index is 0.0317. The van der Waals surface area contributed by atoms with Gasteiger partial charge in [-0.25, -0.2) is 8.42 Å². The van der Waals surface area contributed by atoms with Crippen molar-refractivity contribution in [2.45, 2.75) is 39.2 Å². The fraction of sp³-hybridized carbons (Fsp3) is 0.500. The number of amides is 1. The lowest BCUT2D eigenvalue weighted by Gasteiger charge is -2.26. The van der Waals surface area contributed by atoms with Gasteiger partial charge in [0.2, 0.25) is 5.91 Å². The minimum Gasteiger partial charge on any atom is -0.328 e. The molecule has 23 heavy (non-hydrogen) atoms. The van der Waals surface area contributed by atoms with Crippen LogP contribution in [0.25, 0.3) is 0 Å². The number of nitrogens with zero attached hydrogens (tertiary/aromatic N) is 1. The number of hydrogen-bond donors (Lipinski definition) is 0. The first-order valence-electron chi connectivity index (χ1n) is 7.82. The van der Waals surface area contributed by atoms with E-state index in [9.17, 15) is 13.2 Å². The number of sulfone groups is 1. The third-order valence-electron chi connectivity index (χ3n) is 4.34. The molecule has 1 aromatic rings. The number of hydrogen-bond acceptors (Lipinski definition) is 3. The molecule has 1 fully saturated rings. The number of terminal acetylenes is 1. The summed E-state index contributed by atoms with van der Waals surface area (Å²) in [7, 11) is -3.03. The summed E-state index contributed by atoms with van der Waals surface area (Å²) in [5.41, 5.74) is 3.51. The Kier molecular flexibility index (Phi) is 5.48. The molecule has 1 aromatic carbocycles. The van der Waals surface area contributed by atoms with Gasteiger partial charge in [0.1, 0.15) is 0 Å². The van der Waals surface area contributed by atoms with Crippen molar-refractivity contribution in [3.05, 3.63) is 34.9 Å². The predicted octanol–water partition coefficient (Wildman–Crippen LogP) is 1.88. The highest BCUT2D eigenvalue weighted by Gasteiger charge is 2.34. The maximum absolute atomic E-state index is 12.5. The van der Waals surface area contributed by atoms with Crippen molar-refractivity contribution in [2.75, 3.05) is 18.1 Å². The first kappa shape index (κ1) is 17.6. The van der Waals surface area contributed by atoms with E-state index in [0.29, 0.717) is 19.3 Å². The zero-order chi connectivity index (χ0) is 17.0. The molecule has 0 bridgehead atoms. The predicted molar refractivity (Wildman–Crippen MR) is 91.8 cm³/mol. The molecule has 1 heterocycles. The van der Waals surface area contributed by atoms with Crippen molar-refractivity contribution in [1.29, 1.82) is 0 Å². The van der Waals surface area contributed by atoms with Crippen LogP contribution in [0, 0.1) is 26.2 Å². The number of aryl methyl sites for hydroxylation is 3. The van der Waals surface area contributed by atoms with Gasteiger partial charge in [-0.05, 0) is 37.8 Å². The van der Waals surface area contributed by atoms with Gasteiger partial charge in [0.05, 0.1) is 18.1 Å². The molecule has 1 amide bonds. The van der Waals surface area contributed by atoms with Crippen LogP contribution in [0.5, 0.6) is 0 Å². The van der Waals surface area contributed by atoms with E-state index in [4.69, 9.17) is 6.42 Å². The van der Waals surface area contributed by atoms with Crippen molar-refractivity contribution >= 4 is 15.7 Å². The van der Waals surface area contributed by atoms with Gasteiger partial charge in [0.15, 0.2) is 9.84 Å². The molecular weight excluding hydrogens is 310 g/mol. The van der Waals surface area contributed by atoms with Gasteiger partial charge in [-0.1, -0.05) is 29.7 Å². The molecule has 0 unspecified atom stereocenters. The summed E-state index contributed by atoms with van der Waals surface area (Å²) >= 11 is 0. The molecule has 1 saturated heterocycles. The number of carbonyl (C=O) groups excluding carboxylic acids is 1. The van der Waals surface area contributed by atoms with Crippen molar-refractivity contribution in [3.8, 4) is 12.3 Å². The van der Waals surface area contributed by atoms with Crippen molar-refractivity contribution in [3.63, 3.8) is 0 Å². The van der Waals surface area contributed by atoms with E-state index in [-0.39, 0.29) is 30.0 Å². The second kappa shape index (κ2) is 7.18. The topological polar surface area (TPSA) is 54.5 Å². The van der Waals surface area contributed by atoms with E-state index in [2.05, 4.69) is 12.0 Å². The molecule has 1 atom stereocenters. The van der Waals surface area contributed by atoms with Crippen molar-refractivity contribution < 1.29 is 13.2 Å². The van der Waals surface area contributed by atoms with Crippen LogP contribution in [0.1, 0.15) is 29.5 Å². The molecule has 5 heteroatoms. The van der Waals surface area contributed by atoms with Crippen LogP contribution in [-0.4, -0.2) is 43.3 Å². The molecule has 0 spiro atoms. The Hall–Kier alpha value is -1.80. The van der Waals surface area contributed by atoms with Gasteiger partial charge in [-0.3, -0.25) is 4.79 Å². The van der Waals surface area contributed by atoms with Crippen LogP contribution >= 0.6 is 0 Å². The number of carbonyl (C=O) groups is 1. The van der Waals surface area contributed by atoms with Crippen LogP contribution in [0.3, 0.4) is 0 Å². The van der Waals surface area contributed by atoms with Crippen LogP contribution < -0.4 is 0 Å². The Morgan fingerprint density at radius 1 is 1.39 bits per heavy atom. The van der Waals surface area contributed by atoms with Gasteiger partial charge in [0, 0.05) is 12.5 Å². The molecule has 4 nitrogen and oxygen atoms in total. The Morgan fingerprint density at radius 2 is 2.13 bits per heavy atom. The summed E-state index contributed by atoms with van der Waals surface area (Å²) in [6.07, 6.45) is 6.84. The highest BCUT2D eigenvalue weighted by Crippen LogP contribution is 2.19. The first-order valence-corrected chi connectivity index (χ1v) is 9.64. The average molecular weight is 333 g/mol. The average Bonchev–Trinajstić information content (AvgIpc) is 2.83. The summed E-state index contributed by atoms with van der Waals surface area (Å²) in [5.74, 6) is 2.59. The third-order valence-corrected chi connectivity index (χ3v) is 6.09. The Morgan fingerprint density at radius 3 is 2.70 bits per heavy atom. The Balaban J connectivity index is 2.03. The second-order valence-corrected chi connectivity index (χ2v) is 8.44. The molecule has 0 radical (unpaired) electrons. The maximum Gasteiger partial charge on any atom is 0.223 e. The smallest absolute Gasteiger partial charge is 0.223 e. The molecule has 124 valence electrons. The summed E-state index contributed by atoms with van der Waals surface area (Å²) < 4.78 is 23.3. The molecule has 0 saturated carbocycles. The fourth-order valence-electron chi connectivity index (χ4n) is 3.05. The molecule has 0 aromatic heterocycles. The highest BCUT2D eigenvalue weighted by atomic mass is 32.2. The van der Waals surface area contributed by atoms with E-state index in [0.717, 1.165) is 5.56 Å². The summed E-state index contributed by atoms with van der Waals surface area (Å²) in [4.78, 5) is 14.1. The molecular formula is C18H23NO3S. The van der Waals surface area contributed by atoms with E-state index in [1.807, 2.05) is 26.0 Å². The molecule has 0 aliphatic carbocycles. The van der Waals surface area contributed by atoms with Gasteiger partial charge >= 0.3 is 0 Å². The SMILES string of the molecule is C#CCN(C(=O)CCc1ccc(C)cc1C)[C@H]1CCS(=O)(=O)C1. The first-order chi connectivity index (χ1) is 10.8. The van der Waals surface area contributed by atoms with E-state index in [1.165, 1.54) is 11.1 Å². The monoisotopic (exact) mass is 333 g/mol. The van der Waals surface area contributed by atoms with Crippen molar-refractivity contribution in [1.82, 2.24) is 4.90 Å². The van der Waals surface area contributed by atoms with Gasteiger partial charge in [-0.2, -0.15) is 0 Å². The van der Waals surface area contributed by atoms with E-state index >= 15 is 0 Å². The molecule has 1 aliphatic rings. The Bertz CT molecular complexity index is 731. The van der Waals surface area contributed by atoms with Crippen LogP contribution in [0.15, 0.2) is 18.2 Å². The normalized spacial score (nSPS) is 19.3. The highest BCUT2D eigenvalue weighted by molar-refractivity contribution is 7.91. The standard InChI is InChI=1S/C18H23NO3S/c1-4-10-19(17-9-11-23(21,22)13-17)18(20)8-7-16-6-5-14(2)12-15(16)3/h1,5-6,12,17H,7-11,13H2,2-3H3/t17-/m0/s1. The maximum atomic E-state index is 12.5.